The number of anilines is 1. The second kappa shape index (κ2) is 7.13. The van der Waals surface area contributed by atoms with Crippen molar-refractivity contribution in [2.24, 2.45) is 0 Å². The molecule has 1 aromatic rings. The van der Waals surface area contributed by atoms with Gasteiger partial charge in [0.2, 0.25) is 0 Å². The number of halogens is 2. The van der Waals surface area contributed by atoms with Gasteiger partial charge in [0.25, 0.3) is 0 Å². The largest absolute Gasteiger partial charge is 0.366 e. The molecule has 90 valence electrons. The summed E-state index contributed by atoms with van der Waals surface area (Å²) in [5, 5.41) is 4.00. The Balaban J connectivity index is 2.46. The van der Waals surface area contributed by atoms with Gasteiger partial charge in [-0.25, -0.2) is 4.98 Å². The van der Waals surface area contributed by atoms with Crippen LogP contribution in [0.2, 0.25) is 5.02 Å². The number of nitrogens with one attached hydrogen (secondary N) is 1. The van der Waals surface area contributed by atoms with E-state index in [1.54, 1.807) is 6.20 Å². The van der Waals surface area contributed by atoms with Crippen molar-refractivity contribution >= 4 is 33.3 Å². The van der Waals surface area contributed by atoms with E-state index in [0.717, 1.165) is 16.7 Å². The third-order valence-corrected chi connectivity index (χ3v) is 3.15. The number of unbranched alkanes of at least 4 members (excludes halogenated alkanes) is 2. The molecule has 0 spiro atoms. The Morgan fingerprint density at radius 1 is 1.50 bits per heavy atom. The molecule has 0 radical (unpaired) electrons. The van der Waals surface area contributed by atoms with Gasteiger partial charge in [-0.05, 0) is 35.3 Å². The fraction of sp³-hybridized carbons (Fsp3) is 0.583. The SMILES string of the molecule is CCCCCC(C)Nc1ncc(Br)cc1Cl. The Kier molecular flexibility index (Phi) is 6.14. The van der Waals surface area contributed by atoms with Crippen LogP contribution in [0.4, 0.5) is 5.82 Å². The predicted molar refractivity (Wildman–Crippen MR) is 74.2 cm³/mol. The van der Waals surface area contributed by atoms with Crippen LogP contribution in [-0.2, 0) is 0 Å². The van der Waals surface area contributed by atoms with E-state index in [9.17, 15) is 0 Å². The molecule has 2 nitrogen and oxygen atoms in total. The number of rotatable bonds is 6. The van der Waals surface area contributed by atoms with Crippen LogP contribution in [0.3, 0.4) is 0 Å². The minimum atomic E-state index is 0.415. The zero-order valence-electron chi connectivity index (χ0n) is 9.76. The zero-order chi connectivity index (χ0) is 12.0. The molecule has 0 saturated carbocycles. The summed E-state index contributed by atoms with van der Waals surface area (Å²) >= 11 is 9.42. The molecule has 1 heterocycles. The molecule has 0 aromatic carbocycles. The third-order valence-electron chi connectivity index (χ3n) is 2.43. The normalized spacial score (nSPS) is 12.5. The highest BCUT2D eigenvalue weighted by Gasteiger charge is 2.06. The Bertz CT molecular complexity index is 331. The number of hydrogen-bond acceptors (Lipinski definition) is 2. The molecule has 0 fully saturated rings. The highest BCUT2D eigenvalue weighted by Crippen LogP contribution is 2.23. The van der Waals surface area contributed by atoms with Crippen LogP contribution in [-0.4, -0.2) is 11.0 Å². The summed E-state index contributed by atoms with van der Waals surface area (Å²) in [6.45, 7) is 4.38. The van der Waals surface area contributed by atoms with E-state index in [1.807, 2.05) is 6.07 Å². The lowest BCUT2D eigenvalue weighted by atomic mass is 10.1. The molecular weight excluding hydrogens is 288 g/mol. The molecule has 0 bridgehead atoms. The molecule has 0 aliphatic carbocycles. The fourth-order valence-corrected chi connectivity index (χ4v) is 2.21. The first-order valence-corrected chi connectivity index (χ1v) is 6.88. The number of aromatic nitrogens is 1. The third kappa shape index (κ3) is 4.71. The van der Waals surface area contributed by atoms with E-state index in [2.05, 4.69) is 40.1 Å². The minimum Gasteiger partial charge on any atom is -0.366 e. The molecule has 1 atom stereocenters. The molecule has 16 heavy (non-hydrogen) atoms. The molecule has 0 aliphatic rings. The highest BCUT2D eigenvalue weighted by atomic mass is 79.9. The van der Waals surface area contributed by atoms with E-state index in [0.29, 0.717) is 11.1 Å². The molecule has 4 heteroatoms. The fourth-order valence-electron chi connectivity index (χ4n) is 1.53. The monoisotopic (exact) mass is 304 g/mol. The highest BCUT2D eigenvalue weighted by molar-refractivity contribution is 9.10. The van der Waals surface area contributed by atoms with Gasteiger partial charge in [-0.2, -0.15) is 0 Å². The number of nitrogens with zero attached hydrogens (tertiary/aromatic N) is 1. The molecule has 0 amide bonds. The predicted octanol–water partition coefficient (Wildman–Crippen LogP) is 4.88. The van der Waals surface area contributed by atoms with Crippen LogP contribution in [0, 0.1) is 0 Å². The Labute approximate surface area is 111 Å². The summed E-state index contributed by atoms with van der Waals surface area (Å²) in [4.78, 5) is 4.26. The maximum atomic E-state index is 6.08. The molecule has 0 aliphatic heterocycles. The van der Waals surface area contributed by atoms with E-state index < -0.39 is 0 Å². The van der Waals surface area contributed by atoms with Crippen LogP contribution in [0.1, 0.15) is 39.5 Å². The summed E-state index contributed by atoms with van der Waals surface area (Å²) < 4.78 is 0.904. The quantitative estimate of drug-likeness (QED) is 0.758. The topological polar surface area (TPSA) is 24.9 Å². The molecule has 1 unspecified atom stereocenters. The summed E-state index contributed by atoms with van der Waals surface area (Å²) in [7, 11) is 0. The van der Waals surface area contributed by atoms with Gasteiger partial charge in [-0.15, -0.1) is 0 Å². The van der Waals surface area contributed by atoms with E-state index in [-0.39, 0.29) is 0 Å². The number of pyridine rings is 1. The van der Waals surface area contributed by atoms with Gasteiger partial charge in [-0.1, -0.05) is 37.8 Å². The van der Waals surface area contributed by atoms with Crippen LogP contribution in [0.15, 0.2) is 16.7 Å². The molecule has 1 N–H and O–H groups in total. The minimum absolute atomic E-state index is 0.415. The maximum absolute atomic E-state index is 6.08. The molecule has 0 saturated heterocycles. The Morgan fingerprint density at radius 3 is 2.88 bits per heavy atom. The average Bonchev–Trinajstić information content (AvgIpc) is 2.23. The second-order valence-electron chi connectivity index (χ2n) is 4.03. The van der Waals surface area contributed by atoms with Crippen molar-refractivity contribution in [3.05, 3.63) is 21.8 Å². The van der Waals surface area contributed by atoms with Crippen LogP contribution in [0.5, 0.6) is 0 Å². The lowest BCUT2D eigenvalue weighted by molar-refractivity contribution is 0.614. The molecule has 1 aromatic heterocycles. The first-order chi connectivity index (χ1) is 7.63. The van der Waals surface area contributed by atoms with Crippen LogP contribution in [0.25, 0.3) is 0 Å². The van der Waals surface area contributed by atoms with Crippen molar-refractivity contribution in [1.29, 1.82) is 0 Å². The first kappa shape index (κ1) is 13.8. The summed E-state index contributed by atoms with van der Waals surface area (Å²) in [6, 6.07) is 2.27. The van der Waals surface area contributed by atoms with Gasteiger partial charge >= 0.3 is 0 Å². The van der Waals surface area contributed by atoms with Crippen molar-refractivity contribution in [3.63, 3.8) is 0 Å². The van der Waals surface area contributed by atoms with E-state index in [1.165, 1.54) is 19.3 Å². The lowest BCUT2D eigenvalue weighted by Crippen LogP contribution is -2.16. The standard InChI is InChI=1S/C12H18BrClN2/c1-3-4-5-6-9(2)16-12-11(14)7-10(13)8-15-12/h7-9H,3-6H2,1-2H3,(H,15,16). The van der Waals surface area contributed by atoms with Crippen molar-refractivity contribution in [2.75, 3.05) is 5.32 Å². The van der Waals surface area contributed by atoms with E-state index >= 15 is 0 Å². The Morgan fingerprint density at radius 2 is 2.25 bits per heavy atom. The average molecular weight is 306 g/mol. The van der Waals surface area contributed by atoms with Crippen LogP contribution < -0.4 is 5.32 Å². The summed E-state index contributed by atoms with van der Waals surface area (Å²) in [5.41, 5.74) is 0. The second-order valence-corrected chi connectivity index (χ2v) is 5.35. The summed E-state index contributed by atoms with van der Waals surface area (Å²) in [5.74, 6) is 0.772. The first-order valence-electron chi connectivity index (χ1n) is 5.71. The van der Waals surface area contributed by atoms with Crippen molar-refractivity contribution in [2.45, 2.75) is 45.6 Å². The van der Waals surface area contributed by atoms with E-state index in [4.69, 9.17) is 11.6 Å². The van der Waals surface area contributed by atoms with Crippen molar-refractivity contribution in [3.8, 4) is 0 Å². The van der Waals surface area contributed by atoms with Crippen molar-refractivity contribution < 1.29 is 0 Å². The van der Waals surface area contributed by atoms with Gasteiger partial charge < -0.3 is 5.32 Å². The van der Waals surface area contributed by atoms with Gasteiger partial charge in [0.05, 0.1) is 5.02 Å². The Hall–Kier alpha value is -0.280. The van der Waals surface area contributed by atoms with Gasteiger partial charge in [0.15, 0.2) is 0 Å². The van der Waals surface area contributed by atoms with Gasteiger partial charge in [0.1, 0.15) is 5.82 Å². The lowest BCUT2D eigenvalue weighted by Gasteiger charge is -2.15. The van der Waals surface area contributed by atoms with Gasteiger partial charge in [0, 0.05) is 16.7 Å². The smallest absolute Gasteiger partial charge is 0.145 e. The summed E-state index contributed by atoms with van der Waals surface area (Å²) in [6.07, 6.45) is 6.70. The maximum Gasteiger partial charge on any atom is 0.145 e. The van der Waals surface area contributed by atoms with Crippen molar-refractivity contribution in [1.82, 2.24) is 4.98 Å². The zero-order valence-corrected chi connectivity index (χ0v) is 12.1. The number of hydrogen-bond donors (Lipinski definition) is 1. The molecular formula is C12H18BrClN2. The van der Waals surface area contributed by atoms with Crippen LogP contribution >= 0.6 is 27.5 Å². The molecule has 1 rings (SSSR count). The van der Waals surface area contributed by atoms with Gasteiger partial charge in [-0.3, -0.25) is 0 Å².